The highest BCUT2D eigenvalue weighted by Crippen LogP contribution is 2.32. The predicted octanol–water partition coefficient (Wildman–Crippen LogP) is 5.49. The van der Waals surface area contributed by atoms with Crippen molar-refractivity contribution in [2.45, 2.75) is 17.0 Å². The number of aryl methyl sites for hydroxylation is 1. The van der Waals surface area contributed by atoms with E-state index in [0.29, 0.717) is 0 Å². The highest BCUT2D eigenvalue weighted by Gasteiger charge is 2.08. The van der Waals surface area contributed by atoms with Gasteiger partial charge in [-0.3, -0.25) is 0 Å². The van der Waals surface area contributed by atoms with Gasteiger partial charge in [0.15, 0.2) is 4.34 Å². The number of benzene rings is 2. The number of aromatic nitrogens is 3. The van der Waals surface area contributed by atoms with Gasteiger partial charge in [-0.05, 0) is 31.2 Å². The fraction of sp³-hybridized carbons (Fsp3) is 0.118. The molecule has 4 rings (SSSR count). The maximum atomic E-state index is 4.65. The predicted molar refractivity (Wildman–Crippen MR) is 104 cm³/mol. The van der Waals surface area contributed by atoms with Crippen molar-refractivity contribution in [2.24, 2.45) is 0 Å². The molecule has 1 N–H and O–H groups in total. The molecule has 0 aliphatic rings. The Bertz CT molecular complexity index is 926. The van der Waals surface area contributed by atoms with E-state index in [2.05, 4.69) is 51.7 Å². The van der Waals surface area contributed by atoms with Crippen molar-refractivity contribution in [1.82, 2.24) is 15.2 Å². The Balaban J connectivity index is 1.40. The third kappa shape index (κ3) is 3.58. The van der Waals surface area contributed by atoms with Crippen LogP contribution in [0.2, 0.25) is 0 Å². The largest absolute Gasteiger partial charge is 0.330 e. The van der Waals surface area contributed by atoms with Crippen LogP contribution in [0.25, 0.3) is 10.2 Å². The SMILES string of the molecule is Cc1ccc(Nc2nnc(SCc3nc4ccccc4s3)s2)cc1. The third-order valence-corrected chi connectivity index (χ3v) is 6.57. The molecular weight excluding hydrogens is 356 g/mol. The van der Waals surface area contributed by atoms with Crippen molar-refractivity contribution in [3.8, 4) is 0 Å². The Hall–Kier alpha value is -1.96. The van der Waals surface area contributed by atoms with Gasteiger partial charge in [0.25, 0.3) is 0 Å². The summed E-state index contributed by atoms with van der Waals surface area (Å²) in [6.07, 6.45) is 0. The van der Waals surface area contributed by atoms with Crippen LogP contribution in [0.15, 0.2) is 52.9 Å². The van der Waals surface area contributed by atoms with Gasteiger partial charge in [0.2, 0.25) is 5.13 Å². The van der Waals surface area contributed by atoms with Crippen LogP contribution in [0.3, 0.4) is 0 Å². The fourth-order valence-corrected chi connectivity index (χ4v) is 4.92. The molecule has 0 aliphatic heterocycles. The average molecular weight is 371 g/mol. The summed E-state index contributed by atoms with van der Waals surface area (Å²) in [5, 5.41) is 13.7. The number of thioether (sulfide) groups is 1. The Morgan fingerprint density at radius 1 is 1.00 bits per heavy atom. The van der Waals surface area contributed by atoms with Crippen molar-refractivity contribution in [2.75, 3.05) is 5.32 Å². The maximum absolute atomic E-state index is 4.65. The van der Waals surface area contributed by atoms with E-state index in [-0.39, 0.29) is 0 Å². The van der Waals surface area contributed by atoms with E-state index in [1.807, 2.05) is 24.3 Å². The fourth-order valence-electron chi connectivity index (χ4n) is 2.18. The number of para-hydroxylation sites is 1. The molecule has 0 unspecified atom stereocenters. The van der Waals surface area contributed by atoms with Gasteiger partial charge in [0.1, 0.15) is 5.01 Å². The second-order valence-corrected chi connectivity index (χ2v) is 8.54. The highest BCUT2D eigenvalue weighted by atomic mass is 32.2. The second-order valence-electron chi connectivity index (χ2n) is 5.23. The standard InChI is InChI=1S/C17H14N4S3/c1-11-6-8-12(9-7-11)18-16-20-21-17(24-16)22-10-15-19-13-4-2-3-5-14(13)23-15/h2-9H,10H2,1H3,(H,18,20). The first-order valence-corrected chi connectivity index (χ1v) is 10.0. The Morgan fingerprint density at radius 2 is 1.83 bits per heavy atom. The molecule has 0 atom stereocenters. The molecule has 4 aromatic rings. The van der Waals surface area contributed by atoms with Crippen LogP contribution >= 0.6 is 34.4 Å². The molecule has 0 bridgehead atoms. The minimum Gasteiger partial charge on any atom is -0.330 e. The van der Waals surface area contributed by atoms with E-state index >= 15 is 0 Å². The van der Waals surface area contributed by atoms with E-state index < -0.39 is 0 Å². The van der Waals surface area contributed by atoms with E-state index in [4.69, 9.17) is 0 Å². The van der Waals surface area contributed by atoms with Gasteiger partial charge >= 0.3 is 0 Å². The number of hydrogen-bond donors (Lipinski definition) is 1. The number of fused-ring (bicyclic) bond motifs is 1. The monoisotopic (exact) mass is 370 g/mol. The number of anilines is 2. The summed E-state index contributed by atoms with van der Waals surface area (Å²) in [4.78, 5) is 4.65. The Kier molecular flexibility index (Phi) is 4.46. The zero-order valence-electron chi connectivity index (χ0n) is 12.9. The van der Waals surface area contributed by atoms with Crippen LogP contribution in [-0.2, 0) is 5.75 Å². The summed E-state index contributed by atoms with van der Waals surface area (Å²) < 4.78 is 2.18. The van der Waals surface area contributed by atoms with Gasteiger partial charge in [-0.25, -0.2) is 4.98 Å². The quantitative estimate of drug-likeness (QED) is 0.471. The van der Waals surface area contributed by atoms with Crippen molar-refractivity contribution in [1.29, 1.82) is 0 Å². The molecule has 24 heavy (non-hydrogen) atoms. The van der Waals surface area contributed by atoms with Crippen molar-refractivity contribution in [3.63, 3.8) is 0 Å². The van der Waals surface area contributed by atoms with Crippen LogP contribution in [0, 0.1) is 6.92 Å². The van der Waals surface area contributed by atoms with Crippen molar-refractivity contribution >= 4 is 55.5 Å². The smallest absolute Gasteiger partial charge is 0.210 e. The zero-order chi connectivity index (χ0) is 16.4. The molecule has 2 aromatic heterocycles. The van der Waals surface area contributed by atoms with Crippen molar-refractivity contribution < 1.29 is 0 Å². The summed E-state index contributed by atoms with van der Waals surface area (Å²) in [5.41, 5.74) is 3.33. The van der Waals surface area contributed by atoms with Gasteiger partial charge in [0.05, 0.1) is 16.0 Å². The summed E-state index contributed by atoms with van der Waals surface area (Å²) in [7, 11) is 0. The lowest BCUT2D eigenvalue weighted by molar-refractivity contribution is 1.01. The lowest BCUT2D eigenvalue weighted by Crippen LogP contribution is -1.88. The molecule has 0 radical (unpaired) electrons. The van der Waals surface area contributed by atoms with Gasteiger partial charge in [-0.1, -0.05) is 52.9 Å². The molecule has 7 heteroatoms. The van der Waals surface area contributed by atoms with E-state index in [1.54, 1.807) is 34.4 Å². The summed E-state index contributed by atoms with van der Waals surface area (Å²) in [6.45, 7) is 2.07. The van der Waals surface area contributed by atoms with E-state index in [1.165, 1.54) is 10.3 Å². The first-order chi connectivity index (χ1) is 11.8. The van der Waals surface area contributed by atoms with Crippen molar-refractivity contribution in [3.05, 3.63) is 59.1 Å². The molecule has 0 fully saturated rings. The Morgan fingerprint density at radius 3 is 2.67 bits per heavy atom. The molecule has 0 saturated heterocycles. The number of hydrogen-bond acceptors (Lipinski definition) is 7. The molecule has 0 spiro atoms. The topological polar surface area (TPSA) is 50.7 Å². The molecule has 2 heterocycles. The molecule has 4 nitrogen and oxygen atoms in total. The number of nitrogens with one attached hydrogen (secondary N) is 1. The molecule has 0 aliphatic carbocycles. The van der Waals surface area contributed by atoms with Gasteiger partial charge in [0, 0.05) is 5.69 Å². The van der Waals surface area contributed by atoms with Crippen LogP contribution < -0.4 is 5.32 Å². The number of nitrogens with zero attached hydrogens (tertiary/aromatic N) is 3. The molecule has 2 aromatic carbocycles. The summed E-state index contributed by atoms with van der Waals surface area (Å²) in [5.74, 6) is 0.818. The minimum atomic E-state index is 0.811. The first-order valence-electron chi connectivity index (χ1n) is 7.41. The third-order valence-electron chi connectivity index (χ3n) is 3.37. The van der Waals surface area contributed by atoms with Crippen LogP contribution in [0.4, 0.5) is 10.8 Å². The normalized spacial score (nSPS) is 11.0. The first kappa shape index (κ1) is 15.6. The zero-order valence-corrected chi connectivity index (χ0v) is 15.3. The lowest BCUT2D eigenvalue weighted by atomic mass is 10.2. The van der Waals surface area contributed by atoms with E-state index in [0.717, 1.165) is 31.4 Å². The van der Waals surface area contributed by atoms with Gasteiger partial charge in [-0.15, -0.1) is 21.5 Å². The molecular formula is C17H14N4S3. The molecule has 0 saturated carbocycles. The molecule has 120 valence electrons. The van der Waals surface area contributed by atoms with Gasteiger partial charge in [-0.2, -0.15) is 0 Å². The van der Waals surface area contributed by atoms with Crippen LogP contribution in [0.5, 0.6) is 0 Å². The van der Waals surface area contributed by atoms with Crippen LogP contribution in [0.1, 0.15) is 10.6 Å². The highest BCUT2D eigenvalue weighted by molar-refractivity contribution is 8.00. The minimum absolute atomic E-state index is 0.811. The number of thiazole rings is 1. The average Bonchev–Trinajstić information content (AvgIpc) is 3.21. The number of rotatable bonds is 5. The summed E-state index contributed by atoms with van der Waals surface area (Å²) >= 11 is 4.98. The van der Waals surface area contributed by atoms with Crippen LogP contribution in [-0.4, -0.2) is 15.2 Å². The van der Waals surface area contributed by atoms with E-state index in [9.17, 15) is 0 Å². The lowest BCUT2D eigenvalue weighted by Gasteiger charge is -2.01. The molecule has 0 amide bonds. The Labute approximate surface area is 152 Å². The van der Waals surface area contributed by atoms with Gasteiger partial charge < -0.3 is 5.32 Å². The summed E-state index contributed by atoms with van der Waals surface area (Å²) in [6, 6.07) is 16.5. The second kappa shape index (κ2) is 6.88. The maximum Gasteiger partial charge on any atom is 0.210 e.